The molecule has 0 saturated carbocycles. The van der Waals surface area contributed by atoms with Crippen LogP contribution in [0.5, 0.6) is 0 Å². The highest BCUT2D eigenvalue weighted by atomic mass is 16.5. The molecule has 0 aromatic carbocycles. The Hall–Kier alpha value is -0.730. The van der Waals surface area contributed by atoms with Gasteiger partial charge in [-0.1, -0.05) is 71.1 Å². The average Bonchev–Trinajstić information content (AvgIpc) is 2.41. The van der Waals surface area contributed by atoms with Gasteiger partial charge in [0.25, 0.3) is 0 Å². The van der Waals surface area contributed by atoms with Crippen molar-refractivity contribution in [3.8, 4) is 0 Å². The second-order valence-corrected chi connectivity index (χ2v) is 5.74. The minimum absolute atomic E-state index is 0.233. The zero-order chi connectivity index (χ0) is 13.8. The first-order valence-corrected chi connectivity index (χ1v) is 8.26. The number of hydrogen-bond donors (Lipinski definition) is 1. The number of unbranched alkanes of at least 4 members (excludes halogenated alkanes) is 9. The smallest absolute Gasteiger partial charge is 0.407 e. The maximum absolute atomic E-state index is 11.0. The summed E-state index contributed by atoms with van der Waals surface area (Å²) in [6.07, 6.45) is 15.5. The Morgan fingerprint density at radius 1 is 1.00 bits per heavy atom. The molecule has 1 atom stereocenters. The normalized spacial score (nSPS) is 19.0. The van der Waals surface area contributed by atoms with E-state index >= 15 is 0 Å². The zero-order valence-electron chi connectivity index (χ0n) is 12.6. The molecule has 1 heterocycles. The zero-order valence-corrected chi connectivity index (χ0v) is 12.6. The van der Waals surface area contributed by atoms with Crippen LogP contribution < -0.4 is 5.32 Å². The van der Waals surface area contributed by atoms with E-state index in [1.54, 1.807) is 0 Å². The fourth-order valence-corrected chi connectivity index (χ4v) is 2.67. The molecule has 0 aliphatic carbocycles. The van der Waals surface area contributed by atoms with Crippen molar-refractivity contribution in [3.63, 3.8) is 0 Å². The number of nitrogens with one attached hydrogen (secondary N) is 1. The third-order valence-electron chi connectivity index (χ3n) is 3.93. The van der Waals surface area contributed by atoms with E-state index < -0.39 is 0 Å². The Bertz CT molecular complexity index is 231. The van der Waals surface area contributed by atoms with Crippen LogP contribution in [0.25, 0.3) is 0 Å². The van der Waals surface area contributed by atoms with Crippen molar-refractivity contribution in [2.24, 2.45) is 0 Å². The minimum Gasteiger partial charge on any atom is -0.449 e. The first-order chi connectivity index (χ1) is 9.33. The maximum Gasteiger partial charge on any atom is 0.407 e. The van der Waals surface area contributed by atoms with E-state index in [4.69, 9.17) is 4.74 Å². The van der Waals surface area contributed by atoms with Gasteiger partial charge in [0.05, 0.1) is 6.61 Å². The fraction of sp³-hybridized carbons (Fsp3) is 0.938. The summed E-state index contributed by atoms with van der Waals surface area (Å²) in [5.74, 6) is 0. The molecule has 1 aliphatic heterocycles. The summed E-state index contributed by atoms with van der Waals surface area (Å²) in [5, 5.41) is 2.89. The predicted molar refractivity (Wildman–Crippen MR) is 79.3 cm³/mol. The Balaban J connectivity index is 1.79. The summed E-state index contributed by atoms with van der Waals surface area (Å²) >= 11 is 0. The van der Waals surface area contributed by atoms with Crippen LogP contribution in [-0.4, -0.2) is 18.7 Å². The molecule has 1 N–H and O–H groups in total. The van der Waals surface area contributed by atoms with Gasteiger partial charge in [0.15, 0.2) is 0 Å². The molecular formula is C16H31NO2. The number of amides is 1. The molecule has 0 aromatic heterocycles. The topological polar surface area (TPSA) is 38.3 Å². The lowest BCUT2D eigenvalue weighted by Gasteiger charge is -2.23. The van der Waals surface area contributed by atoms with Crippen molar-refractivity contribution in [2.75, 3.05) is 6.61 Å². The highest BCUT2D eigenvalue weighted by Crippen LogP contribution is 2.14. The molecule has 1 rings (SSSR count). The number of carbonyl (C=O) groups excluding carboxylic acids is 1. The second-order valence-electron chi connectivity index (χ2n) is 5.74. The number of ether oxygens (including phenoxy) is 1. The largest absolute Gasteiger partial charge is 0.449 e. The van der Waals surface area contributed by atoms with E-state index in [9.17, 15) is 4.79 Å². The van der Waals surface area contributed by atoms with E-state index in [-0.39, 0.29) is 6.09 Å². The molecule has 0 bridgehead atoms. The minimum atomic E-state index is -0.233. The molecule has 0 spiro atoms. The van der Waals surface area contributed by atoms with E-state index in [1.807, 2.05) is 0 Å². The van der Waals surface area contributed by atoms with Crippen LogP contribution in [0.2, 0.25) is 0 Å². The van der Waals surface area contributed by atoms with Crippen LogP contribution in [0.1, 0.15) is 84.0 Å². The number of cyclic esters (lactones) is 1. The Morgan fingerprint density at radius 3 is 2.16 bits per heavy atom. The lowest BCUT2D eigenvalue weighted by atomic mass is 10.0. The van der Waals surface area contributed by atoms with Crippen LogP contribution >= 0.6 is 0 Å². The SMILES string of the molecule is CCCCCCCCCCCCC1CCOC(=O)N1. The van der Waals surface area contributed by atoms with E-state index in [0.29, 0.717) is 12.6 Å². The van der Waals surface area contributed by atoms with Crippen LogP contribution in [0.3, 0.4) is 0 Å². The van der Waals surface area contributed by atoms with Crippen molar-refractivity contribution in [1.82, 2.24) is 5.32 Å². The average molecular weight is 269 g/mol. The molecule has 3 nitrogen and oxygen atoms in total. The molecule has 1 aliphatic rings. The third-order valence-corrected chi connectivity index (χ3v) is 3.93. The van der Waals surface area contributed by atoms with Gasteiger partial charge in [-0.05, 0) is 6.42 Å². The van der Waals surface area contributed by atoms with Gasteiger partial charge in [0.1, 0.15) is 0 Å². The van der Waals surface area contributed by atoms with Gasteiger partial charge < -0.3 is 10.1 Å². The molecule has 19 heavy (non-hydrogen) atoms. The first-order valence-electron chi connectivity index (χ1n) is 8.26. The number of carbonyl (C=O) groups is 1. The standard InChI is InChI=1S/C16H31NO2/c1-2-3-4-5-6-7-8-9-10-11-12-15-13-14-19-16(18)17-15/h15H,2-14H2,1H3,(H,17,18). The van der Waals surface area contributed by atoms with Crippen molar-refractivity contribution in [2.45, 2.75) is 90.0 Å². The van der Waals surface area contributed by atoms with E-state index in [2.05, 4.69) is 12.2 Å². The molecular weight excluding hydrogens is 238 g/mol. The quantitative estimate of drug-likeness (QED) is 0.547. The Kier molecular flexibility index (Phi) is 9.56. The number of rotatable bonds is 11. The molecule has 0 aromatic rings. The van der Waals surface area contributed by atoms with Crippen molar-refractivity contribution in [1.29, 1.82) is 0 Å². The van der Waals surface area contributed by atoms with Crippen molar-refractivity contribution < 1.29 is 9.53 Å². The molecule has 112 valence electrons. The molecule has 0 radical (unpaired) electrons. The van der Waals surface area contributed by atoms with Crippen molar-refractivity contribution in [3.05, 3.63) is 0 Å². The lowest BCUT2D eigenvalue weighted by Crippen LogP contribution is -2.41. The second kappa shape index (κ2) is 11.1. The predicted octanol–water partition coefficient (Wildman–Crippen LogP) is 4.80. The van der Waals surface area contributed by atoms with Crippen LogP contribution in [0.15, 0.2) is 0 Å². The van der Waals surface area contributed by atoms with Gasteiger partial charge in [-0.3, -0.25) is 0 Å². The lowest BCUT2D eigenvalue weighted by molar-refractivity contribution is 0.113. The Morgan fingerprint density at radius 2 is 1.58 bits per heavy atom. The van der Waals surface area contributed by atoms with E-state index in [1.165, 1.54) is 64.2 Å². The number of alkyl carbamates (subject to hydrolysis) is 1. The van der Waals surface area contributed by atoms with Gasteiger partial charge in [0, 0.05) is 12.5 Å². The van der Waals surface area contributed by atoms with Crippen molar-refractivity contribution >= 4 is 6.09 Å². The molecule has 1 saturated heterocycles. The molecule has 1 amide bonds. The maximum atomic E-state index is 11.0. The van der Waals surface area contributed by atoms with Crippen LogP contribution in [0, 0.1) is 0 Å². The summed E-state index contributed by atoms with van der Waals surface area (Å²) in [4.78, 5) is 11.0. The van der Waals surface area contributed by atoms with Gasteiger partial charge in [-0.25, -0.2) is 4.79 Å². The monoisotopic (exact) mass is 269 g/mol. The highest BCUT2D eigenvalue weighted by Gasteiger charge is 2.17. The fourth-order valence-electron chi connectivity index (χ4n) is 2.67. The molecule has 3 heteroatoms. The number of hydrogen-bond acceptors (Lipinski definition) is 2. The highest BCUT2D eigenvalue weighted by molar-refractivity contribution is 5.68. The van der Waals surface area contributed by atoms with Gasteiger partial charge in [-0.15, -0.1) is 0 Å². The Labute approximate surface area is 118 Å². The summed E-state index contributed by atoms with van der Waals surface area (Å²) in [6.45, 7) is 2.86. The van der Waals surface area contributed by atoms with Crippen LogP contribution in [-0.2, 0) is 4.74 Å². The van der Waals surface area contributed by atoms with Crippen LogP contribution in [0.4, 0.5) is 4.79 Å². The third kappa shape index (κ3) is 8.90. The van der Waals surface area contributed by atoms with Gasteiger partial charge in [0.2, 0.25) is 0 Å². The summed E-state index contributed by atoms with van der Waals surface area (Å²) in [6, 6.07) is 0.357. The molecule has 1 fully saturated rings. The van der Waals surface area contributed by atoms with E-state index in [0.717, 1.165) is 12.8 Å². The first kappa shape index (κ1) is 16.3. The summed E-state index contributed by atoms with van der Waals surface area (Å²) in [5.41, 5.74) is 0. The molecule has 1 unspecified atom stereocenters. The summed E-state index contributed by atoms with van der Waals surface area (Å²) in [7, 11) is 0. The van der Waals surface area contributed by atoms with Gasteiger partial charge in [-0.2, -0.15) is 0 Å². The summed E-state index contributed by atoms with van der Waals surface area (Å²) < 4.78 is 4.86. The van der Waals surface area contributed by atoms with Gasteiger partial charge >= 0.3 is 6.09 Å².